The van der Waals surface area contributed by atoms with Crippen LogP contribution in [0.1, 0.15) is 64.7 Å². The lowest BCUT2D eigenvalue weighted by Gasteiger charge is -2.29. The minimum Gasteiger partial charge on any atom is -0.444 e. The predicted octanol–water partition coefficient (Wildman–Crippen LogP) is 6.11. The number of dihydropyridines is 1. The van der Waals surface area contributed by atoms with Gasteiger partial charge in [0.1, 0.15) is 18.2 Å². The lowest BCUT2D eigenvalue weighted by molar-refractivity contribution is 0.153. The molecule has 2 aromatic rings. The van der Waals surface area contributed by atoms with Crippen LogP contribution in [-0.2, 0) is 16.6 Å². The van der Waals surface area contributed by atoms with Crippen LogP contribution in [0.3, 0.4) is 0 Å². The summed E-state index contributed by atoms with van der Waals surface area (Å²) in [5.41, 5.74) is 1.55. The minimum absolute atomic E-state index is 0.0285. The second-order valence-electron chi connectivity index (χ2n) is 8.58. The van der Waals surface area contributed by atoms with Gasteiger partial charge in [0, 0.05) is 14.4 Å². The van der Waals surface area contributed by atoms with E-state index in [1.807, 2.05) is 70.2 Å². The number of nitrogens with zero attached hydrogens (tertiary/aromatic N) is 2. The standard InChI is InChI=1S/C19H22FI2N3O2/c1-17(2,3)12-8-26-15(23-12)11-7-10(21)14(22)19(20,25-11)16-24-13(9-27-16)18(4,5)6/h7-9,25H,1-6H3. The highest BCUT2D eigenvalue weighted by Gasteiger charge is 2.46. The molecule has 8 heteroatoms. The number of alkyl halides is 1. The second kappa shape index (κ2) is 6.85. The summed E-state index contributed by atoms with van der Waals surface area (Å²) in [6, 6.07) is 0. The summed E-state index contributed by atoms with van der Waals surface area (Å²) in [6.07, 6.45) is 4.93. The average Bonchev–Trinajstić information content (AvgIpc) is 3.20. The highest BCUT2D eigenvalue weighted by Crippen LogP contribution is 2.45. The zero-order valence-electron chi connectivity index (χ0n) is 16.1. The Balaban J connectivity index is 2.01. The first-order valence-corrected chi connectivity index (χ1v) is 10.7. The van der Waals surface area contributed by atoms with Crippen molar-refractivity contribution in [2.75, 3.05) is 0 Å². The van der Waals surface area contributed by atoms with Crippen LogP contribution >= 0.6 is 45.2 Å². The molecule has 2 aromatic heterocycles. The molecule has 5 nitrogen and oxygen atoms in total. The molecular weight excluding hydrogens is 575 g/mol. The number of hydrogen-bond donors (Lipinski definition) is 1. The van der Waals surface area contributed by atoms with E-state index < -0.39 is 5.79 Å². The van der Waals surface area contributed by atoms with Gasteiger partial charge in [-0.1, -0.05) is 41.5 Å². The monoisotopic (exact) mass is 597 g/mol. The third kappa shape index (κ3) is 3.96. The molecule has 0 saturated heterocycles. The number of allylic oxidation sites excluding steroid dienone is 2. The van der Waals surface area contributed by atoms with E-state index >= 15 is 4.39 Å². The van der Waals surface area contributed by atoms with Gasteiger partial charge in [-0.05, 0) is 51.3 Å². The van der Waals surface area contributed by atoms with E-state index in [1.165, 1.54) is 6.26 Å². The van der Waals surface area contributed by atoms with Crippen LogP contribution in [0.25, 0.3) is 5.70 Å². The molecule has 1 aliphatic rings. The first-order chi connectivity index (χ1) is 12.3. The van der Waals surface area contributed by atoms with Crippen LogP contribution in [0.15, 0.2) is 34.6 Å². The van der Waals surface area contributed by atoms with Crippen molar-refractivity contribution in [3.8, 4) is 0 Å². The number of oxazole rings is 2. The highest BCUT2D eigenvalue weighted by molar-refractivity contribution is 14.1. The van der Waals surface area contributed by atoms with Gasteiger partial charge in [-0.2, -0.15) is 0 Å². The quantitative estimate of drug-likeness (QED) is 0.335. The van der Waals surface area contributed by atoms with Crippen molar-refractivity contribution in [2.24, 2.45) is 0 Å². The molecule has 0 bridgehead atoms. The molecule has 1 N–H and O–H groups in total. The molecule has 0 spiro atoms. The Morgan fingerprint density at radius 3 is 2.04 bits per heavy atom. The second-order valence-corrected chi connectivity index (χ2v) is 10.8. The van der Waals surface area contributed by atoms with Gasteiger partial charge in [0.05, 0.1) is 15.0 Å². The van der Waals surface area contributed by atoms with Gasteiger partial charge in [0.15, 0.2) is 0 Å². The first-order valence-electron chi connectivity index (χ1n) is 8.50. The van der Waals surface area contributed by atoms with E-state index in [0.717, 1.165) is 9.27 Å². The van der Waals surface area contributed by atoms with Crippen LogP contribution in [0, 0.1) is 0 Å². The Morgan fingerprint density at radius 2 is 1.52 bits per heavy atom. The molecule has 3 rings (SSSR count). The molecule has 0 amide bonds. The summed E-state index contributed by atoms with van der Waals surface area (Å²) < 4.78 is 28.4. The molecule has 1 atom stereocenters. The molecule has 0 radical (unpaired) electrons. The molecular formula is C19H22FI2N3O2. The highest BCUT2D eigenvalue weighted by atomic mass is 127. The van der Waals surface area contributed by atoms with Gasteiger partial charge in [-0.3, -0.25) is 0 Å². The fraction of sp³-hybridized carbons (Fsp3) is 0.474. The maximum absolute atomic E-state index is 16.1. The third-order valence-electron chi connectivity index (χ3n) is 4.16. The largest absolute Gasteiger partial charge is 0.444 e. The molecule has 3 heterocycles. The van der Waals surface area contributed by atoms with Crippen LogP contribution in [0.2, 0.25) is 0 Å². The maximum atomic E-state index is 16.1. The van der Waals surface area contributed by atoms with Gasteiger partial charge < -0.3 is 14.2 Å². The van der Waals surface area contributed by atoms with Crippen LogP contribution in [0.5, 0.6) is 0 Å². The number of aromatic nitrogens is 2. The Bertz CT molecular complexity index is 931. The summed E-state index contributed by atoms with van der Waals surface area (Å²) in [6.45, 7) is 12.2. The number of halogens is 3. The van der Waals surface area contributed by atoms with E-state index in [-0.39, 0.29) is 16.7 Å². The molecule has 0 saturated carbocycles. The van der Waals surface area contributed by atoms with Crippen molar-refractivity contribution in [1.82, 2.24) is 15.3 Å². The van der Waals surface area contributed by atoms with Gasteiger partial charge >= 0.3 is 0 Å². The molecule has 0 aromatic carbocycles. The van der Waals surface area contributed by atoms with E-state index in [0.29, 0.717) is 20.9 Å². The predicted molar refractivity (Wildman–Crippen MR) is 119 cm³/mol. The van der Waals surface area contributed by atoms with Gasteiger partial charge in [0.25, 0.3) is 11.7 Å². The first kappa shape index (κ1) is 20.8. The summed E-state index contributed by atoms with van der Waals surface area (Å²) in [5.74, 6) is -1.78. The van der Waals surface area contributed by atoms with Crippen molar-refractivity contribution in [2.45, 2.75) is 58.2 Å². The van der Waals surface area contributed by atoms with Crippen LogP contribution in [0.4, 0.5) is 4.39 Å². The average molecular weight is 597 g/mol. The van der Waals surface area contributed by atoms with Crippen LogP contribution < -0.4 is 5.32 Å². The fourth-order valence-corrected chi connectivity index (χ4v) is 3.62. The topological polar surface area (TPSA) is 64.1 Å². The number of rotatable bonds is 2. The molecule has 1 unspecified atom stereocenters. The summed E-state index contributed by atoms with van der Waals surface area (Å²) in [4.78, 5) is 8.93. The minimum atomic E-state index is -2.08. The van der Waals surface area contributed by atoms with Crippen molar-refractivity contribution >= 4 is 50.9 Å². The Kier molecular flexibility index (Phi) is 5.28. The zero-order chi connectivity index (χ0) is 20.2. The molecule has 0 fully saturated rings. The maximum Gasteiger partial charge on any atom is 0.289 e. The summed E-state index contributed by atoms with van der Waals surface area (Å²) in [7, 11) is 0. The lowest BCUT2D eigenvalue weighted by Crippen LogP contribution is -2.40. The van der Waals surface area contributed by atoms with E-state index in [2.05, 4.69) is 37.9 Å². The van der Waals surface area contributed by atoms with Crippen molar-refractivity contribution in [1.29, 1.82) is 0 Å². The van der Waals surface area contributed by atoms with Gasteiger partial charge in [-0.25, -0.2) is 14.4 Å². The van der Waals surface area contributed by atoms with Crippen molar-refractivity contribution < 1.29 is 13.2 Å². The van der Waals surface area contributed by atoms with E-state index in [1.54, 1.807) is 6.26 Å². The SMILES string of the molecule is CC(C)(C)c1coc(C2=CC(I)=C(I)C(F)(c3nc(C(C)(C)C)co3)N2)n1. The van der Waals surface area contributed by atoms with E-state index in [9.17, 15) is 0 Å². The van der Waals surface area contributed by atoms with Gasteiger partial charge in [-0.15, -0.1) is 0 Å². The number of hydrogen-bond acceptors (Lipinski definition) is 5. The van der Waals surface area contributed by atoms with E-state index in [4.69, 9.17) is 8.83 Å². The van der Waals surface area contributed by atoms with Crippen LogP contribution in [-0.4, -0.2) is 9.97 Å². The zero-order valence-corrected chi connectivity index (χ0v) is 20.4. The smallest absolute Gasteiger partial charge is 0.289 e. The van der Waals surface area contributed by atoms with Gasteiger partial charge in [0.2, 0.25) is 5.89 Å². The molecule has 27 heavy (non-hydrogen) atoms. The summed E-state index contributed by atoms with van der Waals surface area (Å²) >= 11 is 4.08. The summed E-state index contributed by atoms with van der Waals surface area (Å²) in [5, 5.41) is 2.88. The Labute approximate surface area is 185 Å². The lowest BCUT2D eigenvalue weighted by atomic mass is 9.93. The molecule has 1 aliphatic heterocycles. The van der Waals surface area contributed by atoms with Crippen molar-refractivity contribution in [3.63, 3.8) is 0 Å². The number of nitrogens with one attached hydrogen (secondary N) is 1. The fourth-order valence-electron chi connectivity index (χ4n) is 2.41. The Morgan fingerprint density at radius 1 is 0.963 bits per heavy atom. The molecule has 146 valence electrons. The molecule has 0 aliphatic carbocycles. The third-order valence-corrected chi connectivity index (χ3v) is 7.37. The normalized spacial score (nSPS) is 21.3. The van der Waals surface area contributed by atoms with Crippen molar-refractivity contribution in [3.05, 3.63) is 48.9 Å². The Hall–Kier alpha value is -0.910.